The highest BCUT2D eigenvalue weighted by Gasteiger charge is 2.28. The summed E-state index contributed by atoms with van der Waals surface area (Å²) in [5, 5.41) is 2.69. The van der Waals surface area contributed by atoms with Crippen LogP contribution in [0.5, 0.6) is 0 Å². The van der Waals surface area contributed by atoms with Gasteiger partial charge in [0.2, 0.25) is 7.44 Å². The number of ether oxygens (including phenoxy) is 2. The second-order valence-corrected chi connectivity index (χ2v) is 6.80. The summed E-state index contributed by atoms with van der Waals surface area (Å²) < 4.78 is 23.3. The minimum Gasteiger partial charge on any atom is -0.465 e. The summed E-state index contributed by atoms with van der Waals surface area (Å²) in [6, 6.07) is -0.708. The molecule has 2 atom stereocenters. The summed E-state index contributed by atoms with van der Waals surface area (Å²) in [6.07, 6.45) is 0. The Bertz CT molecular complexity index is 361. The molecule has 0 aromatic carbocycles. The van der Waals surface area contributed by atoms with Crippen molar-refractivity contribution < 1.29 is 23.6 Å². The Balaban J connectivity index is 4.48. The molecule has 0 heterocycles. The second kappa shape index (κ2) is 8.30. The van der Waals surface area contributed by atoms with Gasteiger partial charge in [-0.25, -0.2) is 9.76 Å². The first-order valence-corrected chi connectivity index (χ1v) is 8.24. The highest BCUT2D eigenvalue weighted by atomic mass is 31.2. The molecule has 0 aromatic heterocycles. The van der Waals surface area contributed by atoms with Gasteiger partial charge in [-0.2, -0.15) is 0 Å². The molecular formula is C11H23N2O5P. The van der Waals surface area contributed by atoms with E-state index in [0.29, 0.717) is 0 Å². The van der Waals surface area contributed by atoms with Gasteiger partial charge in [-0.1, -0.05) is 0 Å². The number of rotatable bonds is 8. The van der Waals surface area contributed by atoms with E-state index in [1.807, 2.05) is 0 Å². The molecule has 0 rings (SSSR count). The molecule has 0 aliphatic rings. The maximum absolute atomic E-state index is 12.4. The van der Waals surface area contributed by atoms with Crippen LogP contribution < -0.4 is 5.09 Å². The van der Waals surface area contributed by atoms with Crippen molar-refractivity contribution in [3.63, 3.8) is 0 Å². The van der Waals surface area contributed by atoms with Crippen molar-refractivity contribution >= 4 is 19.4 Å². The first-order chi connectivity index (χ1) is 8.74. The minimum absolute atomic E-state index is 0.107. The number of hydrogen-bond acceptors (Lipinski definition) is 5. The lowest BCUT2D eigenvalue weighted by molar-refractivity contribution is -0.144. The molecule has 1 N–H and O–H groups in total. The van der Waals surface area contributed by atoms with Crippen LogP contribution >= 0.6 is 7.44 Å². The average molecular weight is 294 g/mol. The van der Waals surface area contributed by atoms with Crippen LogP contribution in [0.1, 0.15) is 20.8 Å². The summed E-state index contributed by atoms with van der Waals surface area (Å²) in [5.74, 6) is -0.938. The molecule has 0 amide bonds. The fourth-order valence-corrected chi connectivity index (χ4v) is 2.71. The standard InChI is InChI=1S/C11H23N2O5P/c1-6-17-10(14)8-13(4)19(5,16)12-9(3)11(15)18-7-2/h9H,6-8H2,1-5H3,(H,12,16). The molecule has 0 saturated carbocycles. The molecule has 0 radical (unpaired) electrons. The number of nitrogens with zero attached hydrogens (tertiary/aromatic N) is 1. The van der Waals surface area contributed by atoms with Gasteiger partial charge < -0.3 is 9.47 Å². The van der Waals surface area contributed by atoms with Crippen LogP contribution in [0.2, 0.25) is 0 Å². The van der Waals surface area contributed by atoms with E-state index in [0.717, 1.165) is 0 Å². The SMILES string of the molecule is CCOC(=O)CN(C)P(C)(=O)NC(C)C(=O)OCC. The Kier molecular flexibility index (Phi) is 7.90. The summed E-state index contributed by atoms with van der Waals surface area (Å²) >= 11 is 0. The number of carbonyl (C=O) groups is 2. The Morgan fingerprint density at radius 1 is 1.26 bits per heavy atom. The molecule has 0 saturated heterocycles. The monoisotopic (exact) mass is 294 g/mol. The van der Waals surface area contributed by atoms with Crippen molar-refractivity contribution in [1.29, 1.82) is 0 Å². The molecule has 0 fully saturated rings. The molecule has 0 bridgehead atoms. The Morgan fingerprint density at radius 3 is 2.26 bits per heavy atom. The fourth-order valence-electron chi connectivity index (χ4n) is 1.31. The highest BCUT2D eigenvalue weighted by molar-refractivity contribution is 7.58. The molecule has 7 nitrogen and oxygen atoms in total. The molecule has 0 aliphatic heterocycles. The van der Waals surface area contributed by atoms with Gasteiger partial charge in [-0.05, 0) is 27.8 Å². The van der Waals surface area contributed by atoms with Gasteiger partial charge in [0.05, 0.1) is 13.2 Å². The number of likely N-dealkylation sites (N-methyl/N-ethyl adjacent to an activating group) is 1. The number of nitrogens with one attached hydrogen (secondary N) is 1. The van der Waals surface area contributed by atoms with Crippen molar-refractivity contribution in [2.75, 3.05) is 33.5 Å². The average Bonchev–Trinajstić information content (AvgIpc) is 2.28. The molecule has 8 heteroatoms. The van der Waals surface area contributed by atoms with E-state index in [1.165, 1.54) is 18.4 Å². The number of esters is 2. The number of carbonyl (C=O) groups excluding carboxylic acids is 2. The Labute approximate surface area is 114 Å². The van der Waals surface area contributed by atoms with Gasteiger partial charge in [0.1, 0.15) is 12.6 Å². The van der Waals surface area contributed by atoms with Crippen molar-refractivity contribution in [1.82, 2.24) is 9.76 Å². The summed E-state index contributed by atoms with van der Waals surface area (Å²) in [4.78, 5) is 22.8. The van der Waals surface area contributed by atoms with Crippen LogP contribution in [0, 0.1) is 0 Å². The Morgan fingerprint density at radius 2 is 1.79 bits per heavy atom. The third-order valence-electron chi connectivity index (χ3n) is 2.39. The normalized spacial score (nSPS) is 15.7. The third kappa shape index (κ3) is 6.71. The second-order valence-electron chi connectivity index (χ2n) is 4.10. The smallest absolute Gasteiger partial charge is 0.323 e. The minimum atomic E-state index is -3.01. The summed E-state index contributed by atoms with van der Waals surface area (Å²) in [5.41, 5.74) is 0. The zero-order chi connectivity index (χ0) is 15.1. The van der Waals surface area contributed by atoms with Gasteiger partial charge in [0.15, 0.2) is 0 Å². The quantitative estimate of drug-likeness (QED) is 0.524. The zero-order valence-electron chi connectivity index (χ0n) is 12.1. The van der Waals surface area contributed by atoms with Gasteiger partial charge in [0, 0.05) is 6.66 Å². The predicted molar refractivity (Wildman–Crippen MR) is 72.0 cm³/mol. The molecule has 0 aromatic rings. The van der Waals surface area contributed by atoms with Crippen molar-refractivity contribution in [3.05, 3.63) is 0 Å². The van der Waals surface area contributed by atoms with Gasteiger partial charge >= 0.3 is 11.9 Å². The maximum atomic E-state index is 12.4. The van der Waals surface area contributed by atoms with Crippen LogP contribution in [0.25, 0.3) is 0 Å². The highest BCUT2D eigenvalue weighted by Crippen LogP contribution is 2.40. The lowest BCUT2D eigenvalue weighted by atomic mass is 10.4. The summed E-state index contributed by atoms with van der Waals surface area (Å²) in [7, 11) is -1.48. The molecule has 19 heavy (non-hydrogen) atoms. The third-order valence-corrected chi connectivity index (χ3v) is 4.70. The van der Waals surface area contributed by atoms with Crippen LogP contribution in [-0.2, 0) is 23.6 Å². The topological polar surface area (TPSA) is 84.9 Å². The number of hydrogen-bond donors (Lipinski definition) is 1. The van der Waals surface area contributed by atoms with E-state index in [2.05, 4.69) is 5.09 Å². The van der Waals surface area contributed by atoms with Crippen LogP contribution in [0.15, 0.2) is 0 Å². The fraction of sp³-hybridized carbons (Fsp3) is 0.818. The van der Waals surface area contributed by atoms with Crippen LogP contribution in [0.3, 0.4) is 0 Å². The van der Waals surface area contributed by atoms with E-state index < -0.39 is 25.4 Å². The van der Waals surface area contributed by atoms with E-state index in [1.54, 1.807) is 20.8 Å². The van der Waals surface area contributed by atoms with Crippen LogP contribution in [-0.4, -0.2) is 56.1 Å². The lowest BCUT2D eigenvalue weighted by Crippen LogP contribution is -2.38. The molecule has 2 unspecified atom stereocenters. The maximum Gasteiger partial charge on any atom is 0.323 e. The van der Waals surface area contributed by atoms with E-state index in [4.69, 9.17) is 9.47 Å². The Hall–Kier alpha value is -0.910. The first-order valence-electron chi connectivity index (χ1n) is 6.13. The van der Waals surface area contributed by atoms with Crippen LogP contribution in [0.4, 0.5) is 0 Å². The van der Waals surface area contributed by atoms with E-state index >= 15 is 0 Å². The largest absolute Gasteiger partial charge is 0.465 e. The molecular weight excluding hydrogens is 271 g/mol. The van der Waals surface area contributed by atoms with E-state index in [9.17, 15) is 14.2 Å². The van der Waals surface area contributed by atoms with Gasteiger partial charge in [0.25, 0.3) is 0 Å². The van der Waals surface area contributed by atoms with Crippen molar-refractivity contribution in [2.45, 2.75) is 26.8 Å². The predicted octanol–water partition coefficient (Wildman–Crippen LogP) is 0.845. The van der Waals surface area contributed by atoms with Gasteiger partial charge in [-0.15, -0.1) is 0 Å². The van der Waals surface area contributed by atoms with Crippen molar-refractivity contribution in [3.8, 4) is 0 Å². The van der Waals surface area contributed by atoms with Gasteiger partial charge in [-0.3, -0.25) is 14.2 Å². The molecule has 112 valence electrons. The van der Waals surface area contributed by atoms with E-state index in [-0.39, 0.29) is 19.8 Å². The molecule has 0 aliphatic carbocycles. The zero-order valence-corrected chi connectivity index (χ0v) is 13.0. The van der Waals surface area contributed by atoms with Crippen molar-refractivity contribution in [2.24, 2.45) is 0 Å². The summed E-state index contributed by atoms with van der Waals surface area (Å²) in [6.45, 7) is 6.83. The molecule has 0 spiro atoms. The first kappa shape index (κ1) is 18.1. The lowest BCUT2D eigenvalue weighted by Gasteiger charge is -2.27.